The maximum Gasteiger partial charge on any atom is 0.0166 e. The molecule has 2 unspecified atom stereocenters. The molecule has 0 amide bonds. The molecular weight excluding hydrogens is 216 g/mol. The molecule has 1 aliphatic rings. The molecule has 0 radical (unpaired) electrons. The second kappa shape index (κ2) is 4.97. The van der Waals surface area contributed by atoms with Gasteiger partial charge in [-0.05, 0) is 31.9 Å². The number of aryl methyl sites for hydroxylation is 1. The molecule has 1 aromatic rings. The zero-order valence-electron chi connectivity index (χ0n) is 11.8. The van der Waals surface area contributed by atoms with Gasteiger partial charge in [-0.1, -0.05) is 67.1 Å². The van der Waals surface area contributed by atoms with Crippen molar-refractivity contribution in [2.45, 2.75) is 33.6 Å². The molecule has 2 rings (SSSR count). The Labute approximate surface area is 111 Å². The third-order valence-corrected chi connectivity index (χ3v) is 4.18. The summed E-state index contributed by atoms with van der Waals surface area (Å²) in [6, 6.07) is 8.71. The van der Waals surface area contributed by atoms with Gasteiger partial charge in [0.25, 0.3) is 0 Å². The summed E-state index contributed by atoms with van der Waals surface area (Å²) in [5, 5.41) is 0. The fraction of sp³-hybridized carbons (Fsp3) is 0.333. The normalized spacial score (nSPS) is 27.6. The van der Waals surface area contributed by atoms with E-state index in [4.69, 9.17) is 0 Å². The van der Waals surface area contributed by atoms with Gasteiger partial charge >= 0.3 is 0 Å². The Kier molecular flexibility index (Phi) is 3.56. The van der Waals surface area contributed by atoms with E-state index in [2.05, 4.69) is 82.3 Å². The molecule has 0 aliphatic heterocycles. The van der Waals surface area contributed by atoms with Crippen LogP contribution in [0.1, 0.15) is 37.8 Å². The van der Waals surface area contributed by atoms with Gasteiger partial charge in [-0.2, -0.15) is 0 Å². The molecule has 0 heteroatoms. The maximum atomic E-state index is 2.33. The van der Waals surface area contributed by atoms with Gasteiger partial charge in [0.2, 0.25) is 0 Å². The summed E-state index contributed by atoms with van der Waals surface area (Å²) in [5.41, 5.74) is 4.33. The van der Waals surface area contributed by atoms with E-state index in [0.29, 0.717) is 5.92 Å². The van der Waals surface area contributed by atoms with Gasteiger partial charge in [0.1, 0.15) is 0 Å². The van der Waals surface area contributed by atoms with Gasteiger partial charge in [-0.3, -0.25) is 0 Å². The molecule has 0 saturated heterocycles. The lowest BCUT2D eigenvalue weighted by Crippen LogP contribution is -2.26. The highest BCUT2D eigenvalue weighted by atomic mass is 14.4. The molecular formula is C18H22. The highest BCUT2D eigenvalue weighted by Crippen LogP contribution is 2.46. The van der Waals surface area contributed by atoms with E-state index in [1.54, 1.807) is 0 Å². The van der Waals surface area contributed by atoms with Crippen LogP contribution >= 0.6 is 0 Å². The molecule has 0 fully saturated rings. The molecule has 1 aliphatic carbocycles. The summed E-state index contributed by atoms with van der Waals surface area (Å²) in [6.07, 6.45) is 11.3. The second-order valence-corrected chi connectivity index (χ2v) is 5.35. The molecule has 0 spiro atoms. The second-order valence-electron chi connectivity index (χ2n) is 5.35. The van der Waals surface area contributed by atoms with Crippen LogP contribution in [0.4, 0.5) is 0 Å². The monoisotopic (exact) mass is 238 g/mol. The van der Waals surface area contributed by atoms with Crippen LogP contribution in [-0.4, -0.2) is 0 Å². The first-order chi connectivity index (χ1) is 8.59. The van der Waals surface area contributed by atoms with Gasteiger partial charge in [-0.25, -0.2) is 0 Å². The predicted molar refractivity (Wildman–Crippen MR) is 79.7 cm³/mol. The standard InChI is InChI=1S/C18H22/c1-5-13-18(4)15(3)10-8-12-17(18)16-11-7-6-9-14(16)2/h5-13,17H,1-4H3. The Morgan fingerprint density at radius 1 is 1.17 bits per heavy atom. The van der Waals surface area contributed by atoms with E-state index in [1.165, 1.54) is 16.7 Å². The van der Waals surface area contributed by atoms with Crippen molar-refractivity contribution in [3.8, 4) is 0 Å². The fourth-order valence-electron chi connectivity index (χ4n) is 2.88. The first kappa shape index (κ1) is 12.9. The molecule has 0 nitrogen and oxygen atoms in total. The summed E-state index contributed by atoms with van der Waals surface area (Å²) >= 11 is 0. The van der Waals surface area contributed by atoms with Crippen molar-refractivity contribution in [3.05, 3.63) is 71.3 Å². The van der Waals surface area contributed by atoms with Crippen molar-refractivity contribution >= 4 is 0 Å². The highest BCUT2D eigenvalue weighted by Gasteiger charge is 2.34. The third kappa shape index (κ3) is 2.08. The summed E-state index contributed by atoms with van der Waals surface area (Å²) in [7, 11) is 0. The maximum absolute atomic E-state index is 2.33. The minimum atomic E-state index is 0.0929. The van der Waals surface area contributed by atoms with Crippen LogP contribution in [0.2, 0.25) is 0 Å². The molecule has 0 N–H and O–H groups in total. The van der Waals surface area contributed by atoms with Crippen molar-refractivity contribution in [2.24, 2.45) is 5.41 Å². The van der Waals surface area contributed by atoms with E-state index in [9.17, 15) is 0 Å². The molecule has 0 bridgehead atoms. The van der Waals surface area contributed by atoms with Gasteiger partial charge in [-0.15, -0.1) is 0 Å². The number of hydrogen-bond acceptors (Lipinski definition) is 0. The van der Waals surface area contributed by atoms with Crippen molar-refractivity contribution < 1.29 is 0 Å². The van der Waals surface area contributed by atoms with E-state index < -0.39 is 0 Å². The molecule has 18 heavy (non-hydrogen) atoms. The highest BCUT2D eigenvalue weighted by molar-refractivity contribution is 5.43. The first-order valence-corrected chi connectivity index (χ1v) is 6.64. The largest absolute Gasteiger partial charge is 0.0908 e. The van der Waals surface area contributed by atoms with Gasteiger partial charge in [0, 0.05) is 11.3 Å². The van der Waals surface area contributed by atoms with Gasteiger partial charge in [0.05, 0.1) is 0 Å². The molecule has 1 aromatic carbocycles. The quantitative estimate of drug-likeness (QED) is 0.623. The summed E-state index contributed by atoms with van der Waals surface area (Å²) in [4.78, 5) is 0. The SMILES string of the molecule is CC=CC1(C)C(C)=CC=CC1c1ccccc1C. The van der Waals surface area contributed by atoms with Gasteiger partial charge in [0.15, 0.2) is 0 Å². The Morgan fingerprint density at radius 3 is 2.56 bits per heavy atom. The van der Waals surface area contributed by atoms with Crippen LogP contribution in [0.15, 0.2) is 60.2 Å². The topological polar surface area (TPSA) is 0 Å². The molecule has 0 saturated carbocycles. The predicted octanol–water partition coefficient (Wildman–Crippen LogP) is 5.18. The van der Waals surface area contributed by atoms with Crippen LogP contribution in [0.25, 0.3) is 0 Å². The number of rotatable bonds is 2. The third-order valence-electron chi connectivity index (χ3n) is 4.18. The Morgan fingerprint density at radius 2 is 1.89 bits per heavy atom. The number of benzene rings is 1. The van der Waals surface area contributed by atoms with Crippen LogP contribution in [0.5, 0.6) is 0 Å². The minimum Gasteiger partial charge on any atom is -0.0908 e. The first-order valence-electron chi connectivity index (χ1n) is 6.64. The van der Waals surface area contributed by atoms with Crippen molar-refractivity contribution in [1.29, 1.82) is 0 Å². The van der Waals surface area contributed by atoms with E-state index >= 15 is 0 Å². The van der Waals surface area contributed by atoms with Crippen molar-refractivity contribution in [1.82, 2.24) is 0 Å². The molecule has 0 aromatic heterocycles. The smallest absolute Gasteiger partial charge is 0.0166 e. The molecule has 94 valence electrons. The summed E-state index contributed by atoms with van der Waals surface area (Å²) in [5.74, 6) is 0.430. The van der Waals surface area contributed by atoms with E-state index in [-0.39, 0.29) is 5.41 Å². The Bertz CT molecular complexity index is 517. The molecule has 0 heterocycles. The lowest BCUT2D eigenvalue weighted by molar-refractivity contribution is 0.449. The van der Waals surface area contributed by atoms with Gasteiger partial charge < -0.3 is 0 Å². The van der Waals surface area contributed by atoms with Crippen LogP contribution in [-0.2, 0) is 0 Å². The lowest BCUT2D eigenvalue weighted by atomic mass is 9.66. The summed E-state index contributed by atoms with van der Waals surface area (Å²) < 4.78 is 0. The summed E-state index contributed by atoms with van der Waals surface area (Å²) in [6.45, 7) is 8.87. The van der Waals surface area contributed by atoms with E-state index in [0.717, 1.165) is 0 Å². The Balaban J connectivity index is 2.53. The number of allylic oxidation sites excluding steroid dienone is 6. The zero-order chi connectivity index (χ0) is 13.2. The van der Waals surface area contributed by atoms with Crippen LogP contribution in [0, 0.1) is 12.3 Å². The Hall–Kier alpha value is -1.56. The fourth-order valence-corrected chi connectivity index (χ4v) is 2.88. The zero-order valence-corrected chi connectivity index (χ0v) is 11.8. The van der Waals surface area contributed by atoms with Crippen LogP contribution < -0.4 is 0 Å². The van der Waals surface area contributed by atoms with E-state index in [1.807, 2.05) is 0 Å². The van der Waals surface area contributed by atoms with Crippen molar-refractivity contribution in [2.75, 3.05) is 0 Å². The lowest BCUT2D eigenvalue weighted by Gasteiger charge is -2.38. The molecule has 2 atom stereocenters. The number of hydrogen-bond donors (Lipinski definition) is 0. The average Bonchev–Trinajstić information content (AvgIpc) is 2.34. The van der Waals surface area contributed by atoms with Crippen LogP contribution in [0.3, 0.4) is 0 Å². The average molecular weight is 238 g/mol. The van der Waals surface area contributed by atoms with Crippen molar-refractivity contribution in [3.63, 3.8) is 0 Å². The minimum absolute atomic E-state index is 0.0929.